The Morgan fingerprint density at radius 3 is 1.58 bits per heavy atom. The van der Waals surface area contributed by atoms with Gasteiger partial charge in [-0.25, -0.2) is 0 Å². The average molecular weight is 247 g/mol. The quantitative estimate of drug-likeness (QED) is 0.700. The molecule has 1 amide bonds. The van der Waals surface area contributed by atoms with Crippen LogP contribution in [0.15, 0.2) is 60.7 Å². The van der Waals surface area contributed by atoms with Crippen LogP contribution in [-0.2, 0) is 4.79 Å². The normalized spacial score (nSPS) is 9.84. The van der Waals surface area contributed by atoms with E-state index >= 15 is 0 Å². The summed E-state index contributed by atoms with van der Waals surface area (Å²) in [6, 6.07) is 19.8. The molecule has 0 saturated heterocycles. The van der Waals surface area contributed by atoms with Crippen molar-refractivity contribution >= 4 is 5.91 Å². The molecule has 0 atom stereocenters. The van der Waals surface area contributed by atoms with Gasteiger partial charge in [0.25, 0.3) is 0 Å². The van der Waals surface area contributed by atoms with E-state index in [1.165, 1.54) is 0 Å². The Bertz CT molecular complexity index is 477. The number of hydrogen-bond donors (Lipinski definition) is 0. The minimum atomic E-state index is -0.220. The second-order valence-electron chi connectivity index (χ2n) is 4.49. The maximum absolute atomic E-state index is 12.4. The van der Waals surface area contributed by atoms with Crippen LogP contribution in [0.2, 0.25) is 0 Å². The first-order valence-electron chi connectivity index (χ1n) is 6.01. The van der Waals surface area contributed by atoms with E-state index < -0.39 is 0 Å². The SMILES string of the molecule is CN(C)C(=O)C(c1ccccc1)c1ccccc1.[H-].[Li+]. The van der Waals surface area contributed by atoms with Crippen LogP contribution >= 0.6 is 0 Å². The summed E-state index contributed by atoms with van der Waals surface area (Å²) in [6.07, 6.45) is 0. The zero-order valence-corrected chi connectivity index (χ0v) is 11.7. The number of carbonyl (C=O) groups excluding carboxylic acids is 1. The molecular formula is C16H18LiNO. The van der Waals surface area contributed by atoms with Gasteiger partial charge < -0.3 is 6.33 Å². The summed E-state index contributed by atoms with van der Waals surface area (Å²) in [6.45, 7) is 0. The Balaban J connectivity index is 0.00000180. The van der Waals surface area contributed by atoms with E-state index in [4.69, 9.17) is 0 Å². The van der Waals surface area contributed by atoms with Crippen LogP contribution in [0.3, 0.4) is 0 Å². The molecule has 2 nitrogen and oxygen atoms in total. The summed E-state index contributed by atoms with van der Waals surface area (Å²) in [4.78, 5) is 14.0. The third-order valence-corrected chi connectivity index (χ3v) is 2.95. The third-order valence-electron chi connectivity index (χ3n) is 2.95. The van der Waals surface area contributed by atoms with Gasteiger partial charge in [-0.3, -0.25) is 4.79 Å². The molecular weight excluding hydrogens is 229 g/mol. The minimum Gasteiger partial charge on any atom is -1.00 e. The van der Waals surface area contributed by atoms with Gasteiger partial charge in [0.2, 0.25) is 5.91 Å². The fourth-order valence-electron chi connectivity index (χ4n) is 2.03. The molecule has 2 aromatic rings. The molecule has 0 aromatic heterocycles. The Labute approximate surface area is 128 Å². The number of amides is 1. The number of benzene rings is 2. The van der Waals surface area contributed by atoms with Crippen LogP contribution in [0.25, 0.3) is 0 Å². The summed E-state index contributed by atoms with van der Waals surface area (Å²) in [5.74, 6) is -0.116. The van der Waals surface area contributed by atoms with Crippen LogP contribution in [0.4, 0.5) is 0 Å². The van der Waals surface area contributed by atoms with Crippen molar-refractivity contribution in [3.8, 4) is 0 Å². The zero-order valence-electron chi connectivity index (χ0n) is 12.7. The van der Waals surface area contributed by atoms with Crippen molar-refractivity contribution < 1.29 is 25.1 Å². The fourth-order valence-corrected chi connectivity index (χ4v) is 2.03. The molecule has 0 saturated carbocycles. The number of nitrogens with zero attached hydrogens (tertiary/aromatic N) is 1. The molecule has 3 heteroatoms. The van der Waals surface area contributed by atoms with Gasteiger partial charge in [-0.2, -0.15) is 0 Å². The maximum atomic E-state index is 12.4. The molecule has 0 unspecified atom stereocenters. The standard InChI is InChI=1S/C16H17NO.Li.H/c1-17(2)16(18)15(13-9-5-3-6-10-13)14-11-7-4-8-12-14;;/h3-12,15H,1-2H3;;/q;+1;-1. The molecule has 0 bridgehead atoms. The Kier molecular flexibility index (Phi) is 5.88. The number of rotatable bonds is 3. The molecule has 94 valence electrons. The van der Waals surface area contributed by atoms with Gasteiger partial charge in [0.05, 0.1) is 5.92 Å². The van der Waals surface area contributed by atoms with Crippen LogP contribution in [0.5, 0.6) is 0 Å². The molecule has 0 fully saturated rings. The molecule has 0 aliphatic heterocycles. The molecule has 19 heavy (non-hydrogen) atoms. The predicted octanol–water partition coefficient (Wildman–Crippen LogP) is 0.0232. The molecule has 0 radical (unpaired) electrons. The van der Waals surface area contributed by atoms with Crippen LogP contribution < -0.4 is 18.9 Å². The largest absolute Gasteiger partial charge is 1.00 e. The van der Waals surface area contributed by atoms with Gasteiger partial charge in [0, 0.05) is 14.1 Å². The van der Waals surface area contributed by atoms with Crippen molar-refractivity contribution in [3.05, 3.63) is 71.8 Å². The van der Waals surface area contributed by atoms with Crippen molar-refractivity contribution in [3.63, 3.8) is 0 Å². The first-order valence-corrected chi connectivity index (χ1v) is 6.01. The average Bonchev–Trinajstić information content (AvgIpc) is 2.41. The first kappa shape index (κ1) is 15.6. The summed E-state index contributed by atoms with van der Waals surface area (Å²) in [5.41, 5.74) is 2.06. The van der Waals surface area contributed by atoms with Gasteiger partial charge in [0.1, 0.15) is 0 Å². The van der Waals surface area contributed by atoms with Crippen LogP contribution in [0, 0.1) is 0 Å². The maximum Gasteiger partial charge on any atom is 1.00 e. The van der Waals surface area contributed by atoms with E-state index in [-0.39, 0.29) is 32.1 Å². The molecule has 2 rings (SSSR count). The van der Waals surface area contributed by atoms with E-state index in [1.807, 2.05) is 60.7 Å². The fraction of sp³-hybridized carbons (Fsp3) is 0.188. The number of hydrogen-bond acceptors (Lipinski definition) is 1. The molecule has 0 N–H and O–H groups in total. The molecule has 0 heterocycles. The Morgan fingerprint density at radius 2 is 1.26 bits per heavy atom. The van der Waals surface area contributed by atoms with E-state index in [0.717, 1.165) is 11.1 Å². The Hall–Kier alpha value is -1.49. The summed E-state index contributed by atoms with van der Waals surface area (Å²) < 4.78 is 0. The van der Waals surface area contributed by atoms with Crippen molar-refractivity contribution in [2.24, 2.45) is 0 Å². The second-order valence-corrected chi connectivity index (χ2v) is 4.49. The summed E-state index contributed by atoms with van der Waals surface area (Å²) in [7, 11) is 3.59. The van der Waals surface area contributed by atoms with Gasteiger partial charge in [-0.1, -0.05) is 60.7 Å². The van der Waals surface area contributed by atoms with Crippen LogP contribution in [0.1, 0.15) is 18.5 Å². The summed E-state index contributed by atoms with van der Waals surface area (Å²) in [5, 5.41) is 0. The third kappa shape index (κ3) is 3.73. The second kappa shape index (κ2) is 7.18. The molecule has 0 aliphatic rings. The van der Waals surface area contributed by atoms with Gasteiger partial charge >= 0.3 is 18.9 Å². The van der Waals surface area contributed by atoms with Gasteiger partial charge in [-0.15, -0.1) is 0 Å². The van der Waals surface area contributed by atoms with Gasteiger partial charge in [0.15, 0.2) is 0 Å². The molecule has 0 aliphatic carbocycles. The summed E-state index contributed by atoms with van der Waals surface area (Å²) >= 11 is 0. The topological polar surface area (TPSA) is 20.3 Å². The van der Waals surface area contributed by atoms with E-state index in [1.54, 1.807) is 19.0 Å². The molecule has 0 spiro atoms. The zero-order chi connectivity index (χ0) is 13.0. The van der Waals surface area contributed by atoms with Crippen molar-refractivity contribution in [2.75, 3.05) is 14.1 Å². The smallest absolute Gasteiger partial charge is 1.00 e. The number of likely N-dealkylation sites (N-methyl/N-ethyl adjacent to an activating group) is 1. The number of carbonyl (C=O) groups is 1. The predicted molar refractivity (Wildman–Crippen MR) is 74.5 cm³/mol. The van der Waals surface area contributed by atoms with E-state index in [0.29, 0.717) is 0 Å². The van der Waals surface area contributed by atoms with Crippen LogP contribution in [-0.4, -0.2) is 24.9 Å². The van der Waals surface area contributed by atoms with Gasteiger partial charge in [-0.05, 0) is 11.1 Å². The minimum absolute atomic E-state index is 0. The first-order chi connectivity index (χ1) is 8.70. The molecule has 2 aromatic carbocycles. The van der Waals surface area contributed by atoms with Crippen molar-refractivity contribution in [1.29, 1.82) is 0 Å². The van der Waals surface area contributed by atoms with Crippen molar-refractivity contribution in [2.45, 2.75) is 5.92 Å². The monoisotopic (exact) mass is 247 g/mol. The van der Waals surface area contributed by atoms with E-state index in [9.17, 15) is 4.79 Å². The van der Waals surface area contributed by atoms with E-state index in [2.05, 4.69) is 0 Å². The van der Waals surface area contributed by atoms with Crippen molar-refractivity contribution in [1.82, 2.24) is 4.90 Å². The Morgan fingerprint density at radius 1 is 0.895 bits per heavy atom.